The monoisotopic (exact) mass is 332 g/mol. The topological polar surface area (TPSA) is 55.1 Å². The molecule has 2 rings (SSSR count). The number of halogens is 1. The fourth-order valence-electron chi connectivity index (χ4n) is 2.08. The van der Waals surface area contributed by atoms with Crippen LogP contribution in [0.3, 0.4) is 0 Å². The Hall–Kier alpha value is -1.81. The molecule has 0 fully saturated rings. The third-order valence-electron chi connectivity index (χ3n) is 3.17. The van der Waals surface area contributed by atoms with Crippen LogP contribution in [0.15, 0.2) is 53.0 Å². The van der Waals surface area contributed by atoms with Crippen molar-refractivity contribution in [1.82, 2.24) is 5.32 Å². The first-order valence-corrected chi connectivity index (χ1v) is 7.32. The van der Waals surface area contributed by atoms with Crippen LogP contribution in [0.25, 0.3) is 0 Å². The fraction of sp³-hybridized carbons (Fsp3) is 0.188. The summed E-state index contributed by atoms with van der Waals surface area (Å²) in [6.07, 6.45) is 0.826. The molecule has 2 aromatic carbocycles. The number of nitrogens with one attached hydrogen (secondary N) is 1. The number of carbonyl (C=O) groups is 1. The highest BCUT2D eigenvalue weighted by molar-refractivity contribution is 9.10. The van der Waals surface area contributed by atoms with Gasteiger partial charge in [0.1, 0.15) is 0 Å². The molecule has 0 heterocycles. The predicted octanol–water partition coefficient (Wildman–Crippen LogP) is 3.91. The van der Waals surface area contributed by atoms with Crippen molar-refractivity contribution in [1.29, 1.82) is 0 Å². The lowest BCUT2D eigenvalue weighted by molar-refractivity contribution is 0.0936. The molecule has 0 aromatic heterocycles. The predicted molar refractivity (Wildman–Crippen MR) is 85.5 cm³/mol. The van der Waals surface area contributed by atoms with Gasteiger partial charge in [-0.2, -0.15) is 0 Å². The molecule has 1 unspecified atom stereocenters. The molecule has 3 N–H and O–H groups in total. The second-order valence-electron chi connectivity index (χ2n) is 4.58. The van der Waals surface area contributed by atoms with Crippen LogP contribution in [0.1, 0.15) is 35.3 Å². The molecule has 0 bridgehead atoms. The van der Waals surface area contributed by atoms with Gasteiger partial charge < -0.3 is 11.1 Å². The Morgan fingerprint density at radius 2 is 1.95 bits per heavy atom. The van der Waals surface area contributed by atoms with Crippen molar-refractivity contribution in [3.8, 4) is 0 Å². The fourth-order valence-corrected chi connectivity index (χ4v) is 2.46. The van der Waals surface area contributed by atoms with Crippen LogP contribution in [0, 0.1) is 0 Å². The van der Waals surface area contributed by atoms with Crippen LogP contribution in [0.4, 0.5) is 5.69 Å². The smallest absolute Gasteiger partial charge is 0.253 e. The Labute approximate surface area is 127 Å². The van der Waals surface area contributed by atoms with Crippen LogP contribution in [0.5, 0.6) is 0 Å². The van der Waals surface area contributed by atoms with Crippen LogP contribution in [-0.2, 0) is 0 Å². The van der Waals surface area contributed by atoms with E-state index >= 15 is 0 Å². The second-order valence-corrected chi connectivity index (χ2v) is 5.49. The van der Waals surface area contributed by atoms with Gasteiger partial charge in [-0.3, -0.25) is 4.79 Å². The molecule has 3 nitrogen and oxygen atoms in total. The SMILES string of the molecule is CCC(NC(=O)c1ccc(Br)cc1N)c1ccccc1. The maximum Gasteiger partial charge on any atom is 0.253 e. The Morgan fingerprint density at radius 1 is 1.25 bits per heavy atom. The van der Waals surface area contributed by atoms with Crippen LogP contribution in [0.2, 0.25) is 0 Å². The molecule has 1 atom stereocenters. The van der Waals surface area contributed by atoms with Crippen LogP contribution >= 0.6 is 15.9 Å². The number of carbonyl (C=O) groups excluding carboxylic acids is 1. The van der Waals surface area contributed by atoms with Crippen molar-refractivity contribution >= 4 is 27.5 Å². The lowest BCUT2D eigenvalue weighted by Gasteiger charge is -2.18. The van der Waals surface area contributed by atoms with Crippen molar-refractivity contribution in [2.75, 3.05) is 5.73 Å². The van der Waals surface area contributed by atoms with Gasteiger partial charge in [-0.15, -0.1) is 0 Å². The van der Waals surface area contributed by atoms with E-state index in [2.05, 4.69) is 21.2 Å². The minimum atomic E-state index is -0.147. The second kappa shape index (κ2) is 6.57. The van der Waals surface area contributed by atoms with E-state index in [1.807, 2.05) is 43.3 Å². The molecule has 0 radical (unpaired) electrons. The lowest BCUT2D eigenvalue weighted by atomic mass is 10.0. The molecule has 2 aromatic rings. The number of hydrogen-bond acceptors (Lipinski definition) is 2. The van der Waals surface area contributed by atoms with E-state index in [1.165, 1.54) is 0 Å². The largest absolute Gasteiger partial charge is 0.398 e. The van der Waals surface area contributed by atoms with E-state index < -0.39 is 0 Å². The molecular formula is C16H17BrN2O. The van der Waals surface area contributed by atoms with Gasteiger partial charge >= 0.3 is 0 Å². The van der Waals surface area contributed by atoms with Gasteiger partial charge in [0.05, 0.1) is 11.6 Å². The minimum absolute atomic E-state index is 0.00764. The zero-order chi connectivity index (χ0) is 14.5. The molecule has 0 saturated carbocycles. The molecule has 104 valence electrons. The standard InChI is InChI=1S/C16H17BrN2O/c1-2-15(11-6-4-3-5-7-11)19-16(20)13-9-8-12(17)10-14(13)18/h3-10,15H,2,18H2,1H3,(H,19,20). The highest BCUT2D eigenvalue weighted by Crippen LogP contribution is 2.21. The molecule has 1 amide bonds. The highest BCUT2D eigenvalue weighted by Gasteiger charge is 2.15. The van der Waals surface area contributed by atoms with Gasteiger partial charge in [0.25, 0.3) is 5.91 Å². The summed E-state index contributed by atoms with van der Waals surface area (Å²) in [6, 6.07) is 15.2. The van der Waals surface area contributed by atoms with Gasteiger partial charge in [-0.1, -0.05) is 53.2 Å². The van der Waals surface area contributed by atoms with E-state index in [-0.39, 0.29) is 11.9 Å². The summed E-state index contributed by atoms with van der Waals surface area (Å²) in [7, 11) is 0. The van der Waals surface area contributed by atoms with Crippen molar-refractivity contribution in [2.24, 2.45) is 0 Å². The minimum Gasteiger partial charge on any atom is -0.398 e. The number of rotatable bonds is 4. The van der Waals surface area contributed by atoms with E-state index in [4.69, 9.17) is 5.73 Å². The van der Waals surface area contributed by atoms with Gasteiger partial charge in [0.15, 0.2) is 0 Å². The molecule has 4 heteroatoms. The van der Waals surface area contributed by atoms with Gasteiger partial charge in [0, 0.05) is 10.2 Å². The zero-order valence-corrected chi connectivity index (χ0v) is 12.9. The average molecular weight is 333 g/mol. The maximum absolute atomic E-state index is 12.3. The first-order valence-electron chi connectivity index (χ1n) is 6.52. The summed E-state index contributed by atoms with van der Waals surface area (Å²) in [5, 5.41) is 3.03. The number of amides is 1. The Bertz CT molecular complexity index is 599. The number of benzene rings is 2. The van der Waals surface area contributed by atoms with E-state index in [1.54, 1.807) is 12.1 Å². The zero-order valence-electron chi connectivity index (χ0n) is 11.3. The van der Waals surface area contributed by atoms with Crippen molar-refractivity contribution in [2.45, 2.75) is 19.4 Å². The first kappa shape index (κ1) is 14.6. The third kappa shape index (κ3) is 3.39. The molecule has 20 heavy (non-hydrogen) atoms. The summed E-state index contributed by atoms with van der Waals surface area (Å²) in [6.45, 7) is 2.04. The third-order valence-corrected chi connectivity index (χ3v) is 3.67. The summed E-state index contributed by atoms with van der Waals surface area (Å²) >= 11 is 3.33. The average Bonchev–Trinajstić information content (AvgIpc) is 2.45. The number of anilines is 1. The number of hydrogen-bond donors (Lipinski definition) is 2. The summed E-state index contributed by atoms with van der Waals surface area (Å²) < 4.78 is 0.863. The van der Waals surface area contributed by atoms with Gasteiger partial charge in [-0.25, -0.2) is 0 Å². The number of nitrogens with two attached hydrogens (primary N) is 1. The molecule has 0 spiro atoms. The maximum atomic E-state index is 12.3. The van der Waals surface area contributed by atoms with Gasteiger partial charge in [-0.05, 0) is 30.2 Å². The quantitative estimate of drug-likeness (QED) is 0.834. The normalized spacial score (nSPS) is 11.9. The molecular weight excluding hydrogens is 316 g/mol. The first-order chi connectivity index (χ1) is 9.61. The van der Waals surface area contributed by atoms with Crippen LogP contribution < -0.4 is 11.1 Å². The lowest BCUT2D eigenvalue weighted by Crippen LogP contribution is -2.28. The van der Waals surface area contributed by atoms with Crippen LogP contribution in [-0.4, -0.2) is 5.91 Å². The summed E-state index contributed by atoms with van der Waals surface area (Å²) in [4.78, 5) is 12.3. The summed E-state index contributed by atoms with van der Waals surface area (Å²) in [5.74, 6) is -0.147. The van der Waals surface area contributed by atoms with Crippen molar-refractivity contribution in [3.63, 3.8) is 0 Å². The Balaban J connectivity index is 2.17. The van der Waals surface area contributed by atoms with Crippen molar-refractivity contribution < 1.29 is 4.79 Å². The van der Waals surface area contributed by atoms with Crippen molar-refractivity contribution in [3.05, 3.63) is 64.1 Å². The van der Waals surface area contributed by atoms with Gasteiger partial charge in [0.2, 0.25) is 0 Å². The summed E-state index contributed by atoms with van der Waals surface area (Å²) in [5.41, 5.74) is 7.96. The number of nitrogen functional groups attached to an aromatic ring is 1. The molecule has 0 aliphatic rings. The van der Waals surface area contributed by atoms with E-state index in [0.717, 1.165) is 16.5 Å². The van der Waals surface area contributed by atoms with E-state index in [9.17, 15) is 4.79 Å². The highest BCUT2D eigenvalue weighted by atomic mass is 79.9. The van der Waals surface area contributed by atoms with E-state index in [0.29, 0.717) is 11.3 Å². The Kier molecular flexibility index (Phi) is 4.79. The molecule has 0 saturated heterocycles. The molecule has 0 aliphatic heterocycles. The Morgan fingerprint density at radius 3 is 2.55 bits per heavy atom. The molecule has 0 aliphatic carbocycles.